The summed E-state index contributed by atoms with van der Waals surface area (Å²) in [5, 5.41) is 56.3. The molecule has 1 heterocycles. The van der Waals surface area contributed by atoms with E-state index in [-0.39, 0.29) is 12.1 Å². The van der Waals surface area contributed by atoms with E-state index in [1.165, 1.54) is 6.92 Å². The Hall–Kier alpha value is -1.79. The topological polar surface area (TPSA) is 171 Å². The van der Waals surface area contributed by atoms with Gasteiger partial charge in [-0.25, -0.2) is 0 Å². The van der Waals surface area contributed by atoms with Gasteiger partial charge in [0.05, 0.1) is 25.9 Å². The van der Waals surface area contributed by atoms with Gasteiger partial charge in [0.25, 0.3) is 0 Å². The third kappa shape index (κ3) is 8.16. The lowest BCUT2D eigenvalue weighted by atomic mass is 9.90. The van der Waals surface area contributed by atoms with Crippen LogP contribution in [0.25, 0.3) is 0 Å². The Kier molecular flexibility index (Phi) is 13.0. The Bertz CT molecular complexity index is 845. The van der Waals surface area contributed by atoms with E-state index in [1.54, 1.807) is 12.1 Å². The maximum Gasteiger partial charge on any atom is 0.119 e. The molecule has 2 aromatic carbocycles. The van der Waals surface area contributed by atoms with Crippen LogP contribution < -0.4 is 4.74 Å². The molecule has 0 aromatic heterocycles. The van der Waals surface area contributed by atoms with E-state index in [2.05, 4.69) is 0 Å². The van der Waals surface area contributed by atoms with Gasteiger partial charge in [0.2, 0.25) is 0 Å². The highest BCUT2D eigenvalue weighted by atomic mass is 35.5. The number of hydrogen-bond donors (Lipinski definition) is 6. The standard InChI is InChI=1S/C21H25ClO6.C3H8O2.H2O/c1-2-27-15-6-3-12(4-7-15)9-14-10-13(5-8-16(14)22)21-20(26)19(25)18(24)17(11-23)28-21;1-3(5)2-4;/h3-8,10,17-21,23-26H,2,9,11H2,1H3;3-5H,2H2,1H3;1H2. The molecule has 8 N–H and O–H groups in total. The van der Waals surface area contributed by atoms with Crippen LogP contribution in [0.1, 0.15) is 36.6 Å². The zero-order valence-corrected chi connectivity index (χ0v) is 20.0. The Labute approximate surface area is 204 Å². The van der Waals surface area contributed by atoms with Crippen molar-refractivity contribution in [1.82, 2.24) is 0 Å². The molecule has 9 nitrogen and oxygen atoms in total. The average Bonchev–Trinajstić information content (AvgIpc) is 2.81. The first-order valence-electron chi connectivity index (χ1n) is 10.8. The molecule has 6 unspecified atom stereocenters. The molecule has 10 heteroatoms. The molecule has 0 radical (unpaired) electrons. The van der Waals surface area contributed by atoms with Crippen molar-refractivity contribution in [3.8, 4) is 5.75 Å². The summed E-state index contributed by atoms with van der Waals surface area (Å²) in [5.41, 5.74) is 2.49. The first-order valence-corrected chi connectivity index (χ1v) is 11.2. The fraction of sp³-hybridized carbons (Fsp3) is 0.500. The van der Waals surface area contributed by atoms with E-state index in [0.717, 1.165) is 16.9 Å². The number of hydrogen-bond acceptors (Lipinski definition) is 8. The zero-order chi connectivity index (χ0) is 24.5. The molecule has 1 saturated heterocycles. The monoisotopic (exact) mass is 502 g/mol. The van der Waals surface area contributed by atoms with Gasteiger partial charge in [0.15, 0.2) is 0 Å². The van der Waals surface area contributed by atoms with Crippen LogP contribution in [0.2, 0.25) is 5.02 Å². The lowest BCUT2D eigenvalue weighted by Crippen LogP contribution is -2.55. The summed E-state index contributed by atoms with van der Waals surface area (Å²) >= 11 is 6.35. The van der Waals surface area contributed by atoms with Crippen LogP contribution in [0.3, 0.4) is 0 Å². The molecule has 192 valence electrons. The lowest BCUT2D eigenvalue weighted by molar-refractivity contribution is -0.231. The molecular formula is C24H35ClO9. The van der Waals surface area contributed by atoms with Crippen LogP contribution in [0.5, 0.6) is 5.75 Å². The van der Waals surface area contributed by atoms with Crippen LogP contribution >= 0.6 is 11.6 Å². The maximum atomic E-state index is 10.3. The van der Waals surface area contributed by atoms with E-state index >= 15 is 0 Å². The highest BCUT2D eigenvalue weighted by Crippen LogP contribution is 2.34. The van der Waals surface area contributed by atoms with Gasteiger partial charge in [0, 0.05) is 5.02 Å². The van der Waals surface area contributed by atoms with Gasteiger partial charge < -0.3 is 45.6 Å². The normalized spacial score (nSPS) is 24.9. The van der Waals surface area contributed by atoms with E-state index in [0.29, 0.717) is 23.6 Å². The Morgan fingerprint density at radius 2 is 1.62 bits per heavy atom. The summed E-state index contributed by atoms with van der Waals surface area (Å²) in [4.78, 5) is 0. The fourth-order valence-electron chi connectivity index (χ4n) is 3.37. The van der Waals surface area contributed by atoms with Crippen molar-refractivity contribution in [2.45, 2.75) is 56.9 Å². The smallest absolute Gasteiger partial charge is 0.119 e. The minimum Gasteiger partial charge on any atom is -0.494 e. The van der Waals surface area contributed by atoms with Gasteiger partial charge in [-0.15, -0.1) is 0 Å². The number of aliphatic hydroxyl groups is 6. The number of benzene rings is 2. The predicted molar refractivity (Wildman–Crippen MR) is 127 cm³/mol. The van der Waals surface area contributed by atoms with Gasteiger partial charge in [-0.05, 0) is 55.2 Å². The summed E-state index contributed by atoms with van der Waals surface area (Å²) in [6.07, 6.45) is -5.95. The molecule has 3 rings (SSSR count). The van der Waals surface area contributed by atoms with E-state index in [4.69, 9.17) is 31.3 Å². The third-order valence-electron chi connectivity index (χ3n) is 5.18. The minimum atomic E-state index is -1.42. The Balaban J connectivity index is 0.000000873. The van der Waals surface area contributed by atoms with Gasteiger partial charge in [-0.1, -0.05) is 35.9 Å². The quantitative estimate of drug-likeness (QED) is 0.315. The van der Waals surface area contributed by atoms with Crippen molar-refractivity contribution in [3.05, 3.63) is 64.2 Å². The summed E-state index contributed by atoms with van der Waals surface area (Å²) in [7, 11) is 0. The lowest BCUT2D eigenvalue weighted by Gasteiger charge is -2.40. The van der Waals surface area contributed by atoms with Crippen LogP contribution in [0.15, 0.2) is 42.5 Å². The maximum absolute atomic E-state index is 10.3. The van der Waals surface area contributed by atoms with Gasteiger partial charge in [-0.3, -0.25) is 0 Å². The number of ether oxygens (including phenoxy) is 2. The van der Waals surface area contributed by atoms with E-state index in [9.17, 15) is 20.4 Å². The molecule has 1 aliphatic rings. The van der Waals surface area contributed by atoms with Crippen LogP contribution in [-0.2, 0) is 11.2 Å². The molecule has 6 atom stereocenters. The predicted octanol–water partition coefficient (Wildman–Crippen LogP) is 0.379. The van der Waals surface area contributed by atoms with Crippen molar-refractivity contribution in [2.24, 2.45) is 0 Å². The Morgan fingerprint density at radius 3 is 2.15 bits per heavy atom. The van der Waals surface area contributed by atoms with Crippen molar-refractivity contribution in [2.75, 3.05) is 19.8 Å². The molecule has 0 saturated carbocycles. The molecule has 0 spiro atoms. The van der Waals surface area contributed by atoms with E-state index < -0.39 is 43.2 Å². The van der Waals surface area contributed by atoms with Crippen molar-refractivity contribution in [3.63, 3.8) is 0 Å². The van der Waals surface area contributed by atoms with Crippen molar-refractivity contribution >= 4 is 11.6 Å². The van der Waals surface area contributed by atoms with Crippen LogP contribution in [0, 0.1) is 0 Å². The largest absolute Gasteiger partial charge is 0.494 e. The molecular weight excluding hydrogens is 468 g/mol. The van der Waals surface area contributed by atoms with Crippen LogP contribution in [-0.4, -0.2) is 86.5 Å². The van der Waals surface area contributed by atoms with Crippen LogP contribution in [0.4, 0.5) is 0 Å². The first-order chi connectivity index (χ1) is 15.7. The second kappa shape index (κ2) is 14.6. The summed E-state index contributed by atoms with van der Waals surface area (Å²) in [6, 6.07) is 12.9. The van der Waals surface area contributed by atoms with E-state index in [1.807, 2.05) is 37.3 Å². The highest BCUT2D eigenvalue weighted by molar-refractivity contribution is 6.31. The van der Waals surface area contributed by atoms with Crippen molar-refractivity contribution < 1.29 is 45.6 Å². The number of halogens is 1. The average molecular weight is 503 g/mol. The third-order valence-corrected chi connectivity index (χ3v) is 5.55. The molecule has 34 heavy (non-hydrogen) atoms. The molecule has 0 bridgehead atoms. The Morgan fingerprint density at radius 1 is 1.00 bits per heavy atom. The molecule has 1 aliphatic heterocycles. The van der Waals surface area contributed by atoms with Gasteiger partial charge in [0.1, 0.15) is 36.3 Å². The number of aliphatic hydroxyl groups excluding tert-OH is 6. The summed E-state index contributed by atoms with van der Waals surface area (Å²) in [6.45, 7) is 3.46. The fourth-order valence-corrected chi connectivity index (χ4v) is 3.56. The summed E-state index contributed by atoms with van der Waals surface area (Å²) in [5.74, 6) is 0.799. The second-order valence-corrected chi connectivity index (χ2v) is 8.29. The van der Waals surface area contributed by atoms with Gasteiger partial charge in [-0.2, -0.15) is 0 Å². The SMILES string of the molecule is CC(O)CO.CCOc1ccc(Cc2cc(C3OC(CO)C(O)C(O)C3O)ccc2Cl)cc1.O. The first kappa shape index (κ1) is 30.2. The second-order valence-electron chi connectivity index (χ2n) is 7.89. The molecule has 0 amide bonds. The molecule has 1 fully saturated rings. The summed E-state index contributed by atoms with van der Waals surface area (Å²) < 4.78 is 11.1. The van der Waals surface area contributed by atoms with Crippen molar-refractivity contribution in [1.29, 1.82) is 0 Å². The number of rotatable bonds is 7. The highest BCUT2D eigenvalue weighted by Gasteiger charge is 2.44. The zero-order valence-electron chi connectivity index (χ0n) is 19.2. The molecule has 2 aromatic rings. The minimum absolute atomic E-state index is 0. The van der Waals surface area contributed by atoms with Gasteiger partial charge >= 0.3 is 0 Å². The molecule has 0 aliphatic carbocycles.